The summed E-state index contributed by atoms with van der Waals surface area (Å²) in [6.07, 6.45) is 0.811. The standard InChI is InChI=1S/C6H7ClO4/c7-3-1-6(10)11-4-2-5(8)9/h1,3H,2,4H2,(H,8,9). The van der Waals surface area contributed by atoms with Crippen LogP contribution in [0.1, 0.15) is 6.42 Å². The lowest BCUT2D eigenvalue weighted by atomic mass is 10.5. The van der Waals surface area contributed by atoms with Crippen LogP contribution >= 0.6 is 11.6 Å². The molecule has 0 radical (unpaired) electrons. The lowest BCUT2D eigenvalue weighted by molar-refractivity contribution is -0.142. The molecule has 0 rings (SSSR count). The van der Waals surface area contributed by atoms with Gasteiger partial charge in [-0.25, -0.2) is 4.79 Å². The van der Waals surface area contributed by atoms with E-state index in [2.05, 4.69) is 4.74 Å². The summed E-state index contributed by atoms with van der Waals surface area (Å²) in [5.74, 6) is -1.64. The first-order valence-electron chi connectivity index (χ1n) is 2.82. The number of ether oxygens (including phenoxy) is 1. The van der Waals surface area contributed by atoms with E-state index < -0.39 is 11.9 Å². The second-order valence-electron chi connectivity index (χ2n) is 1.60. The molecule has 0 amide bonds. The largest absolute Gasteiger partial charge is 0.481 e. The zero-order valence-electron chi connectivity index (χ0n) is 5.62. The van der Waals surface area contributed by atoms with Crippen LogP contribution in [0.4, 0.5) is 0 Å². The quantitative estimate of drug-likeness (QED) is 0.510. The predicted octanol–water partition coefficient (Wildman–Crippen LogP) is 0.757. The van der Waals surface area contributed by atoms with E-state index in [1.165, 1.54) is 0 Å². The molecular weight excluding hydrogens is 172 g/mol. The summed E-state index contributed by atoms with van der Waals surface area (Å²) < 4.78 is 4.40. The van der Waals surface area contributed by atoms with E-state index in [-0.39, 0.29) is 13.0 Å². The molecule has 0 saturated heterocycles. The molecule has 0 bridgehead atoms. The van der Waals surface area contributed by atoms with Crippen molar-refractivity contribution in [2.75, 3.05) is 6.61 Å². The molecule has 0 heterocycles. The van der Waals surface area contributed by atoms with Crippen LogP contribution in [0.25, 0.3) is 0 Å². The van der Waals surface area contributed by atoms with E-state index >= 15 is 0 Å². The Kier molecular flexibility index (Phi) is 5.20. The number of esters is 1. The molecule has 0 aliphatic carbocycles. The first kappa shape index (κ1) is 9.97. The smallest absolute Gasteiger partial charge is 0.331 e. The minimum Gasteiger partial charge on any atom is -0.481 e. The molecule has 5 heteroatoms. The molecule has 0 aromatic heterocycles. The molecule has 0 aliphatic rings. The van der Waals surface area contributed by atoms with Gasteiger partial charge in [0.2, 0.25) is 0 Å². The normalized spacial score (nSPS) is 9.91. The van der Waals surface area contributed by atoms with Gasteiger partial charge in [-0.15, -0.1) is 0 Å². The van der Waals surface area contributed by atoms with Crippen LogP contribution in [0.2, 0.25) is 0 Å². The van der Waals surface area contributed by atoms with Crippen molar-refractivity contribution in [2.24, 2.45) is 0 Å². The Morgan fingerprint density at radius 2 is 2.18 bits per heavy atom. The van der Waals surface area contributed by atoms with E-state index in [9.17, 15) is 9.59 Å². The summed E-state index contributed by atoms with van der Waals surface area (Å²) in [4.78, 5) is 20.3. The van der Waals surface area contributed by atoms with Crippen LogP contribution < -0.4 is 0 Å². The fourth-order valence-corrected chi connectivity index (χ4v) is 0.441. The van der Waals surface area contributed by atoms with Crippen molar-refractivity contribution in [3.05, 3.63) is 11.6 Å². The lowest BCUT2D eigenvalue weighted by Crippen LogP contribution is -2.06. The molecule has 0 atom stereocenters. The summed E-state index contributed by atoms with van der Waals surface area (Å²) in [5.41, 5.74) is 1.00. The average molecular weight is 179 g/mol. The van der Waals surface area contributed by atoms with Gasteiger partial charge in [-0.1, -0.05) is 11.6 Å². The van der Waals surface area contributed by atoms with Gasteiger partial charge in [0, 0.05) is 11.6 Å². The number of hydrogen-bond donors (Lipinski definition) is 1. The number of carboxylic acid groups (broad SMARTS) is 1. The first-order valence-corrected chi connectivity index (χ1v) is 3.25. The van der Waals surface area contributed by atoms with Crippen LogP contribution in [0, 0.1) is 0 Å². The number of carbonyl (C=O) groups excluding carboxylic acids is 1. The summed E-state index contributed by atoms with van der Waals surface area (Å²) in [7, 11) is 0. The fourth-order valence-electron chi connectivity index (χ4n) is 0.338. The first-order chi connectivity index (χ1) is 5.16. The maximum atomic E-state index is 10.4. The highest BCUT2D eigenvalue weighted by molar-refractivity contribution is 6.26. The Hall–Kier alpha value is -1.03. The van der Waals surface area contributed by atoms with Gasteiger partial charge in [0.05, 0.1) is 6.42 Å². The molecule has 0 spiro atoms. The molecule has 0 saturated carbocycles. The Morgan fingerprint density at radius 3 is 2.64 bits per heavy atom. The van der Waals surface area contributed by atoms with Crippen molar-refractivity contribution < 1.29 is 19.4 Å². The number of carboxylic acids is 1. The highest BCUT2D eigenvalue weighted by atomic mass is 35.5. The molecule has 1 N–H and O–H groups in total. The Balaban J connectivity index is 3.39. The predicted molar refractivity (Wildman–Crippen MR) is 38.2 cm³/mol. The Labute approximate surface area is 68.4 Å². The minimum absolute atomic E-state index is 0.130. The van der Waals surface area contributed by atoms with Crippen LogP contribution in [0.5, 0.6) is 0 Å². The number of rotatable bonds is 4. The van der Waals surface area contributed by atoms with Crippen LogP contribution in [-0.4, -0.2) is 23.7 Å². The van der Waals surface area contributed by atoms with Crippen molar-refractivity contribution >= 4 is 23.5 Å². The van der Waals surface area contributed by atoms with E-state index in [4.69, 9.17) is 16.7 Å². The monoisotopic (exact) mass is 178 g/mol. The lowest BCUT2D eigenvalue weighted by Gasteiger charge is -1.96. The molecule has 11 heavy (non-hydrogen) atoms. The third-order valence-electron chi connectivity index (χ3n) is 0.759. The van der Waals surface area contributed by atoms with Crippen LogP contribution in [-0.2, 0) is 14.3 Å². The van der Waals surface area contributed by atoms with Gasteiger partial charge in [-0.3, -0.25) is 4.79 Å². The third kappa shape index (κ3) is 6.86. The van der Waals surface area contributed by atoms with Crippen molar-refractivity contribution in [3.8, 4) is 0 Å². The third-order valence-corrected chi connectivity index (χ3v) is 0.885. The molecule has 62 valence electrons. The van der Waals surface area contributed by atoms with Gasteiger partial charge in [0.25, 0.3) is 0 Å². The number of carbonyl (C=O) groups is 2. The van der Waals surface area contributed by atoms with Crippen LogP contribution in [0.15, 0.2) is 11.6 Å². The summed E-state index contributed by atoms with van der Waals surface area (Å²) in [6, 6.07) is 0. The average Bonchev–Trinajstić information content (AvgIpc) is 1.87. The molecule has 0 aliphatic heterocycles. The zero-order chi connectivity index (χ0) is 8.69. The van der Waals surface area contributed by atoms with Crippen molar-refractivity contribution in [1.82, 2.24) is 0 Å². The minimum atomic E-state index is -1.01. The molecule has 0 unspecified atom stereocenters. The van der Waals surface area contributed by atoms with E-state index in [0.717, 1.165) is 11.6 Å². The number of halogens is 1. The summed E-state index contributed by atoms with van der Waals surface area (Å²) in [6.45, 7) is -0.130. The van der Waals surface area contributed by atoms with E-state index in [1.54, 1.807) is 0 Å². The van der Waals surface area contributed by atoms with Gasteiger partial charge in [-0.05, 0) is 0 Å². The van der Waals surface area contributed by atoms with Gasteiger partial charge in [-0.2, -0.15) is 0 Å². The molecule has 4 nitrogen and oxygen atoms in total. The number of aliphatic carboxylic acids is 1. The molecule has 0 fully saturated rings. The summed E-state index contributed by atoms with van der Waals surface area (Å²) in [5, 5.41) is 8.12. The molecule has 0 aromatic rings. The van der Waals surface area contributed by atoms with Crippen molar-refractivity contribution in [2.45, 2.75) is 6.42 Å². The second-order valence-corrected chi connectivity index (χ2v) is 1.86. The fraction of sp³-hybridized carbons (Fsp3) is 0.333. The number of hydrogen-bond acceptors (Lipinski definition) is 3. The second kappa shape index (κ2) is 5.73. The highest BCUT2D eigenvalue weighted by Crippen LogP contribution is 1.87. The topological polar surface area (TPSA) is 63.6 Å². The van der Waals surface area contributed by atoms with Crippen molar-refractivity contribution in [3.63, 3.8) is 0 Å². The van der Waals surface area contributed by atoms with E-state index in [0.29, 0.717) is 0 Å². The highest BCUT2D eigenvalue weighted by Gasteiger charge is 1.99. The Bertz CT molecular complexity index is 175. The van der Waals surface area contributed by atoms with Gasteiger partial charge >= 0.3 is 11.9 Å². The summed E-state index contributed by atoms with van der Waals surface area (Å²) >= 11 is 5.04. The maximum absolute atomic E-state index is 10.4. The zero-order valence-corrected chi connectivity index (χ0v) is 6.37. The van der Waals surface area contributed by atoms with Gasteiger partial charge < -0.3 is 9.84 Å². The molecular formula is C6H7ClO4. The maximum Gasteiger partial charge on any atom is 0.331 e. The molecule has 0 aromatic carbocycles. The van der Waals surface area contributed by atoms with Gasteiger partial charge in [0.15, 0.2) is 0 Å². The van der Waals surface area contributed by atoms with Crippen molar-refractivity contribution in [1.29, 1.82) is 0 Å². The Morgan fingerprint density at radius 1 is 1.55 bits per heavy atom. The van der Waals surface area contributed by atoms with Crippen LogP contribution in [0.3, 0.4) is 0 Å². The van der Waals surface area contributed by atoms with Gasteiger partial charge in [0.1, 0.15) is 6.61 Å². The van der Waals surface area contributed by atoms with E-state index in [1.807, 2.05) is 0 Å². The SMILES string of the molecule is O=C(O)CCOC(=O)C=CCl.